The minimum Gasteiger partial charge on any atom is -0.444 e. The second kappa shape index (κ2) is 6.97. The number of carbonyl (C=O) groups excluding carboxylic acids is 1. The van der Waals surface area contributed by atoms with Crippen LogP contribution in [0.2, 0.25) is 0 Å². The van der Waals surface area contributed by atoms with Gasteiger partial charge in [-0.2, -0.15) is 0 Å². The van der Waals surface area contributed by atoms with E-state index in [-0.39, 0.29) is 11.9 Å². The molecule has 0 aliphatic heterocycles. The number of aryl methyl sites for hydroxylation is 3. The smallest absolute Gasteiger partial charge is 0.294 e. The molecule has 0 fully saturated rings. The fourth-order valence-corrected chi connectivity index (χ4v) is 3.17. The first-order valence-corrected chi connectivity index (χ1v) is 8.59. The second-order valence-corrected chi connectivity index (χ2v) is 7.24. The molecule has 2 aromatic rings. The van der Waals surface area contributed by atoms with E-state index >= 15 is 0 Å². The molecule has 0 saturated carbocycles. The average molecular weight is 394 g/mol. The van der Waals surface area contributed by atoms with Gasteiger partial charge in [0.2, 0.25) is 0 Å². The molecule has 0 saturated heterocycles. The van der Waals surface area contributed by atoms with Gasteiger partial charge in [0.1, 0.15) is 0 Å². The van der Waals surface area contributed by atoms with Crippen LogP contribution in [0.1, 0.15) is 41.1 Å². The van der Waals surface area contributed by atoms with E-state index in [1.807, 2.05) is 34.6 Å². The van der Waals surface area contributed by atoms with Crippen molar-refractivity contribution >= 4 is 44.6 Å². The van der Waals surface area contributed by atoms with Crippen molar-refractivity contribution in [3.63, 3.8) is 0 Å². The maximum absolute atomic E-state index is 13.0. The third-order valence-electron chi connectivity index (χ3n) is 3.85. The summed E-state index contributed by atoms with van der Waals surface area (Å²) in [6, 6.07) is 7.33. The maximum atomic E-state index is 13.0. The molecule has 1 amide bonds. The number of carbonyl (C=O) groups is 1. The van der Waals surface area contributed by atoms with Gasteiger partial charge in [-0.15, -0.1) is 0 Å². The number of hydrogen-bond acceptors (Lipinski definition) is 3. The van der Waals surface area contributed by atoms with Gasteiger partial charge in [-0.05, 0) is 73.8 Å². The van der Waals surface area contributed by atoms with Gasteiger partial charge in [0, 0.05) is 4.86 Å². The number of rotatable bonds is 4. The lowest BCUT2D eigenvalue weighted by Gasteiger charge is -2.31. The Hall–Kier alpha value is -1.46. The van der Waals surface area contributed by atoms with Gasteiger partial charge >= 0.3 is 0 Å². The van der Waals surface area contributed by atoms with Crippen LogP contribution < -0.4 is 4.90 Å². The normalized spacial score (nSPS) is 12.1. The van der Waals surface area contributed by atoms with Crippen LogP contribution in [0.15, 0.2) is 33.4 Å². The number of thiocarbonyl (C=S) groups is 1. The lowest BCUT2D eigenvalue weighted by molar-refractivity contribution is 0.0956. The van der Waals surface area contributed by atoms with Crippen LogP contribution in [0.25, 0.3) is 0 Å². The highest BCUT2D eigenvalue weighted by Gasteiger charge is 2.29. The van der Waals surface area contributed by atoms with Crippen LogP contribution in [-0.4, -0.2) is 16.8 Å². The predicted molar refractivity (Wildman–Crippen MR) is 102 cm³/mol. The van der Waals surface area contributed by atoms with Crippen molar-refractivity contribution in [2.75, 3.05) is 4.90 Å². The number of nitrogens with zero attached hydrogens (tertiary/aromatic N) is 1. The quantitative estimate of drug-likeness (QED) is 0.652. The summed E-state index contributed by atoms with van der Waals surface area (Å²) >= 11 is 8.59. The van der Waals surface area contributed by atoms with Gasteiger partial charge in [-0.3, -0.25) is 9.69 Å². The topological polar surface area (TPSA) is 33.5 Å². The summed E-state index contributed by atoms with van der Waals surface area (Å²) in [6.45, 7) is 9.87. The Labute approximate surface area is 150 Å². The molecule has 0 aliphatic rings. The van der Waals surface area contributed by atoms with Crippen LogP contribution in [0, 0.1) is 20.8 Å². The Balaban J connectivity index is 2.60. The maximum Gasteiger partial charge on any atom is 0.294 e. The third-order valence-corrected chi connectivity index (χ3v) is 4.62. The molecule has 122 valence electrons. The molecule has 0 aliphatic carbocycles. The predicted octanol–water partition coefficient (Wildman–Crippen LogP) is 5.39. The molecule has 0 N–H and O–H groups in total. The molecule has 1 aromatic carbocycles. The van der Waals surface area contributed by atoms with Crippen LogP contribution in [-0.2, 0) is 0 Å². The van der Waals surface area contributed by atoms with Gasteiger partial charge in [0.25, 0.3) is 5.91 Å². The summed E-state index contributed by atoms with van der Waals surface area (Å²) in [5.41, 5.74) is 4.16. The van der Waals surface area contributed by atoms with Crippen molar-refractivity contribution in [1.82, 2.24) is 0 Å². The summed E-state index contributed by atoms with van der Waals surface area (Å²) in [5.74, 6) is 0.0989. The van der Waals surface area contributed by atoms with Crippen molar-refractivity contribution in [2.24, 2.45) is 0 Å². The molecule has 1 aromatic heterocycles. The van der Waals surface area contributed by atoms with Crippen molar-refractivity contribution in [3.8, 4) is 0 Å². The van der Waals surface area contributed by atoms with Crippen molar-refractivity contribution in [1.29, 1.82) is 0 Å². The summed E-state index contributed by atoms with van der Waals surface area (Å²) in [6.07, 6.45) is 0. The summed E-state index contributed by atoms with van der Waals surface area (Å²) in [5, 5.41) is 0. The van der Waals surface area contributed by atoms with Crippen LogP contribution in [0.4, 0.5) is 5.69 Å². The second-order valence-electron chi connectivity index (χ2n) is 5.81. The zero-order valence-electron chi connectivity index (χ0n) is 13.9. The minimum absolute atomic E-state index is 0.192. The number of halogens is 1. The summed E-state index contributed by atoms with van der Waals surface area (Å²) < 4.78 is 6.00. The number of amides is 1. The van der Waals surface area contributed by atoms with E-state index < -0.39 is 0 Å². The highest BCUT2D eigenvalue weighted by atomic mass is 79.9. The van der Waals surface area contributed by atoms with E-state index in [9.17, 15) is 4.79 Å². The molecule has 5 heteroatoms. The van der Waals surface area contributed by atoms with Gasteiger partial charge in [-0.1, -0.05) is 29.9 Å². The molecule has 23 heavy (non-hydrogen) atoms. The number of benzene rings is 1. The van der Waals surface area contributed by atoms with E-state index in [0.717, 1.165) is 21.7 Å². The van der Waals surface area contributed by atoms with E-state index in [2.05, 4.69) is 28.1 Å². The summed E-state index contributed by atoms with van der Waals surface area (Å²) in [7, 11) is 0. The number of hydrogen-bond donors (Lipinski definition) is 0. The van der Waals surface area contributed by atoms with Crippen molar-refractivity contribution in [2.45, 2.75) is 40.7 Å². The first-order chi connectivity index (χ1) is 10.7. The molecule has 3 nitrogen and oxygen atoms in total. The van der Waals surface area contributed by atoms with Crippen LogP contribution in [0.5, 0.6) is 0 Å². The monoisotopic (exact) mass is 393 g/mol. The largest absolute Gasteiger partial charge is 0.444 e. The molecule has 0 bridgehead atoms. The standard InChI is InChI=1S/C18H20BrNO2S/c1-10-8-11(2)17(12(3)9-10)20(13(4)14(5)23)18(21)15-6-7-16(19)22-15/h6-9,13H,1-5H3. The number of furan rings is 1. The van der Waals surface area contributed by atoms with E-state index in [4.69, 9.17) is 16.6 Å². The number of anilines is 1. The molecule has 1 unspecified atom stereocenters. The van der Waals surface area contributed by atoms with Crippen molar-refractivity contribution in [3.05, 3.63) is 51.4 Å². The molecule has 0 spiro atoms. The lowest BCUT2D eigenvalue weighted by atomic mass is 10.0. The van der Waals surface area contributed by atoms with Crippen LogP contribution in [0.3, 0.4) is 0 Å². The summed E-state index contributed by atoms with van der Waals surface area (Å²) in [4.78, 5) is 15.5. The van der Waals surface area contributed by atoms with E-state index in [1.165, 1.54) is 5.56 Å². The Kier molecular flexibility index (Phi) is 5.42. The zero-order chi connectivity index (χ0) is 17.3. The highest BCUT2D eigenvalue weighted by molar-refractivity contribution is 9.10. The fourth-order valence-electron chi connectivity index (χ4n) is 2.75. The minimum atomic E-state index is -0.207. The molecule has 2 rings (SSSR count). The SMILES string of the molecule is CC(=S)C(C)N(C(=O)c1ccc(Br)o1)c1c(C)cc(C)cc1C. The van der Waals surface area contributed by atoms with Gasteiger partial charge in [0.15, 0.2) is 10.4 Å². The lowest BCUT2D eigenvalue weighted by Crippen LogP contribution is -2.43. The Bertz CT molecular complexity index is 743. The van der Waals surface area contributed by atoms with E-state index in [0.29, 0.717) is 10.4 Å². The molecule has 1 heterocycles. The zero-order valence-corrected chi connectivity index (χ0v) is 16.3. The first kappa shape index (κ1) is 17.9. The third kappa shape index (κ3) is 3.72. The first-order valence-electron chi connectivity index (χ1n) is 7.39. The van der Waals surface area contributed by atoms with Gasteiger partial charge in [-0.25, -0.2) is 0 Å². The van der Waals surface area contributed by atoms with Gasteiger partial charge < -0.3 is 4.42 Å². The van der Waals surface area contributed by atoms with Gasteiger partial charge in [0.05, 0.1) is 11.7 Å². The molecule has 1 atom stereocenters. The van der Waals surface area contributed by atoms with Crippen LogP contribution >= 0.6 is 28.1 Å². The van der Waals surface area contributed by atoms with E-state index in [1.54, 1.807) is 17.0 Å². The Morgan fingerprint density at radius 1 is 1.22 bits per heavy atom. The molecule has 0 radical (unpaired) electrons. The fraction of sp³-hybridized carbons (Fsp3) is 0.333. The molecular formula is C18H20BrNO2S. The Morgan fingerprint density at radius 3 is 2.22 bits per heavy atom. The Morgan fingerprint density at radius 2 is 1.78 bits per heavy atom. The average Bonchev–Trinajstić information content (AvgIpc) is 2.87. The highest BCUT2D eigenvalue weighted by Crippen LogP contribution is 2.30. The molecular weight excluding hydrogens is 374 g/mol. The van der Waals surface area contributed by atoms with Crippen molar-refractivity contribution < 1.29 is 9.21 Å².